The summed E-state index contributed by atoms with van der Waals surface area (Å²) in [6, 6.07) is 10.3. The average Bonchev–Trinajstić information content (AvgIpc) is 2.38. The predicted octanol–water partition coefficient (Wildman–Crippen LogP) is 4.10. The van der Waals surface area contributed by atoms with Crippen LogP contribution >= 0.6 is 0 Å². The Morgan fingerprint density at radius 2 is 2.00 bits per heavy atom. The molecule has 1 aromatic rings. The fourth-order valence-corrected chi connectivity index (χ4v) is 2.53. The third-order valence-corrected chi connectivity index (χ3v) is 3.63. The van der Waals surface area contributed by atoms with E-state index in [4.69, 9.17) is 0 Å². The molecule has 2 rings (SSSR count). The Kier molecular flexibility index (Phi) is 4.13. The minimum Gasteiger partial charge on any atom is -0.299 e. The highest BCUT2D eigenvalue weighted by molar-refractivity contribution is 5.82. The summed E-state index contributed by atoms with van der Waals surface area (Å²) in [5.74, 6) is 1.08. The van der Waals surface area contributed by atoms with Crippen molar-refractivity contribution in [2.45, 2.75) is 32.6 Å². The lowest BCUT2D eigenvalue weighted by Gasteiger charge is -2.24. The van der Waals surface area contributed by atoms with Gasteiger partial charge in [-0.3, -0.25) is 4.79 Å². The zero-order valence-electron chi connectivity index (χ0n) is 10.4. The molecule has 1 nitrogen and oxygen atoms in total. The lowest BCUT2D eigenvalue weighted by Crippen LogP contribution is -2.24. The first kappa shape index (κ1) is 12.1. The molecule has 1 aliphatic carbocycles. The fourth-order valence-electron chi connectivity index (χ4n) is 2.53. The van der Waals surface area contributed by atoms with Crippen LogP contribution in [0.1, 0.15) is 38.2 Å². The molecule has 1 aromatic carbocycles. The summed E-state index contributed by atoms with van der Waals surface area (Å²) in [6.45, 7) is 2.16. The van der Waals surface area contributed by atoms with E-state index in [9.17, 15) is 4.79 Å². The van der Waals surface area contributed by atoms with Crippen LogP contribution in [-0.4, -0.2) is 5.78 Å². The van der Waals surface area contributed by atoms with E-state index < -0.39 is 0 Å². The summed E-state index contributed by atoms with van der Waals surface area (Å²) in [5.41, 5.74) is 1.21. The standard InChI is InChI=1S/C16H20O/c1-13(15-9-5-6-10-16(15)17)11-12-14-7-3-2-4-8-14/h2-4,7-8,11-13,15H,5-6,9-10H2,1H3/b12-11+/t13-,15-/m0/s1. The van der Waals surface area contributed by atoms with Gasteiger partial charge in [-0.25, -0.2) is 0 Å². The Bertz CT molecular complexity index is 391. The SMILES string of the molecule is C[C@@H](/C=C/c1ccccc1)[C@@H]1CCCCC1=O. The van der Waals surface area contributed by atoms with Gasteiger partial charge in [-0.05, 0) is 24.3 Å². The topological polar surface area (TPSA) is 17.1 Å². The van der Waals surface area contributed by atoms with Gasteiger partial charge in [0.1, 0.15) is 5.78 Å². The molecule has 1 fully saturated rings. The van der Waals surface area contributed by atoms with Crippen molar-refractivity contribution in [3.63, 3.8) is 0 Å². The van der Waals surface area contributed by atoms with Crippen LogP contribution < -0.4 is 0 Å². The summed E-state index contributed by atoms with van der Waals surface area (Å²) in [6.07, 6.45) is 8.47. The van der Waals surface area contributed by atoms with E-state index in [-0.39, 0.29) is 5.92 Å². The van der Waals surface area contributed by atoms with Crippen LogP contribution in [0.3, 0.4) is 0 Å². The van der Waals surface area contributed by atoms with Gasteiger partial charge < -0.3 is 0 Å². The Balaban J connectivity index is 1.98. The molecular weight excluding hydrogens is 208 g/mol. The van der Waals surface area contributed by atoms with Crippen LogP contribution in [0, 0.1) is 11.8 Å². The summed E-state index contributed by atoms with van der Waals surface area (Å²) >= 11 is 0. The van der Waals surface area contributed by atoms with Crippen LogP contribution in [-0.2, 0) is 4.79 Å². The Morgan fingerprint density at radius 1 is 1.24 bits per heavy atom. The summed E-state index contributed by atoms with van der Waals surface area (Å²) in [7, 11) is 0. The van der Waals surface area contributed by atoms with Crippen molar-refractivity contribution in [1.29, 1.82) is 0 Å². The first-order valence-corrected chi connectivity index (χ1v) is 6.53. The number of ketones is 1. The molecule has 0 heterocycles. The van der Waals surface area contributed by atoms with E-state index in [1.807, 2.05) is 18.2 Å². The van der Waals surface area contributed by atoms with E-state index in [1.54, 1.807) is 0 Å². The fraction of sp³-hybridized carbons (Fsp3) is 0.438. The monoisotopic (exact) mass is 228 g/mol. The third kappa shape index (κ3) is 3.29. The molecule has 1 saturated carbocycles. The molecule has 1 aliphatic rings. The van der Waals surface area contributed by atoms with Crippen molar-refractivity contribution in [2.75, 3.05) is 0 Å². The van der Waals surface area contributed by atoms with Crippen LogP contribution in [0.4, 0.5) is 0 Å². The highest BCUT2D eigenvalue weighted by Crippen LogP contribution is 2.28. The molecular formula is C16H20O. The number of rotatable bonds is 3. The normalized spacial score (nSPS) is 22.9. The minimum atomic E-state index is 0.253. The van der Waals surface area contributed by atoms with Crippen molar-refractivity contribution in [3.8, 4) is 0 Å². The Labute approximate surface area is 104 Å². The largest absolute Gasteiger partial charge is 0.299 e. The average molecular weight is 228 g/mol. The van der Waals surface area contributed by atoms with Gasteiger partial charge in [0, 0.05) is 12.3 Å². The van der Waals surface area contributed by atoms with Gasteiger partial charge in [-0.2, -0.15) is 0 Å². The molecule has 90 valence electrons. The first-order chi connectivity index (χ1) is 8.27. The van der Waals surface area contributed by atoms with E-state index in [2.05, 4.69) is 31.2 Å². The first-order valence-electron chi connectivity index (χ1n) is 6.53. The third-order valence-electron chi connectivity index (χ3n) is 3.63. The van der Waals surface area contributed by atoms with Crippen LogP contribution in [0.15, 0.2) is 36.4 Å². The molecule has 1 heteroatoms. The Hall–Kier alpha value is -1.37. The second-order valence-electron chi connectivity index (χ2n) is 4.95. The molecule has 0 N–H and O–H groups in total. The van der Waals surface area contributed by atoms with Crippen LogP contribution in [0.2, 0.25) is 0 Å². The van der Waals surface area contributed by atoms with Gasteiger partial charge >= 0.3 is 0 Å². The summed E-state index contributed by atoms with van der Waals surface area (Å²) in [5, 5.41) is 0. The van der Waals surface area contributed by atoms with E-state index in [0.29, 0.717) is 11.7 Å². The number of Topliss-reactive ketones (excluding diaryl/α,β-unsaturated/α-hetero) is 1. The van der Waals surface area contributed by atoms with Gasteiger partial charge in [-0.15, -0.1) is 0 Å². The second kappa shape index (κ2) is 5.81. The quantitative estimate of drug-likeness (QED) is 0.761. The van der Waals surface area contributed by atoms with E-state index in [0.717, 1.165) is 19.3 Å². The van der Waals surface area contributed by atoms with Gasteiger partial charge in [0.05, 0.1) is 0 Å². The molecule has 0 radical (unpaired) electrons. The molecule has 2 atom stereocenters. The van der Waals surface area contributed by atoms with Crippen molar-refractivity contribution < 1.29 is 4.79 Å². The molecule has 0 unspecified atom stereocenters. The summed E-state index contributed by atoms with van der Waals surface area (Å²) in [4.78, 5) is 11.8. The van der Waals surface area contributed by atoms with Crippen molar-refractivity contribution >= 4 is 11.9 Å². The molecule has 0 aromatic heterocycles. The van der Waals surface area contributed by atoms with Crippen LogP contribution in [0.25, 0.3) is 6.08 Å². The predicted molar refractivity (Wildman–Crippen MR) is 71.6 cm³/mol. The van der Waals surface area contributed by atoms with Crippen LogP contribution in [0.5, 0.6) is 0 Å². The smallest absolute Gasteiger partial charge is 0.136 e. The lowest BCUT2D eigenvalue weighted by molar-refractivity contribution is -0.125. The lowest BCUT2D eigenvalue weighted by atomic mass is 9.79. The van der Waals surface area contributed by atoms with E-state index in [1.165, 1.54) is 12.0 Å². The van der Waals surface area contributed by atoms with Gasteiger partial charge in [0.25, 0.3) is 0 Å². The molecule has 17 heavy (non-hydrogen) atoms. The maximum Gasteiger partial charge on any atom is 0.136 e. The second-order valence-corrected chi connectivity index (χ2v) is 4.95. The number of allylic oxidation sites excluding steroid dienone is 1. The van der Waals surface area contributed by atoms with Crippen molar-refractivity contribution in [2.24, 2.45) is 11.8 Å². The summed E-state index contributed by atoms with van der Waals surface area (Å²) < 4.78 is 0. The number of hydrogen-bond donors (Lipinski definition) is 0. The molecule has 0 bridgehead atoms. The molecule has 0 amide bonds. The number of hydrogen-bond acceptors (Lipinski definition) is 1. The number of carbonyl (C=O) groups is 1. The Morgan fingerprint density at radius 3 is 2.71 bits per heavy atom. The van der Waals surface area contributed by atoms with Gasteiger partial charge in [0.2, 0.25) is 0 Å². The maximum absolute atomic E-state index is 11.8. The minimum absolute atomic E-state index is 0.253. The van der Waals surface area contributed by atoms with Gasteiger partial charge in [0.15, 0.2) is 0 Å². The number of carbonyl (C=O) groups excluding carboxylic acids is 1. The highest BCUT2D eigenvalue weighted by atomic mass is 16.1. The van der Waals surface area contributed by atoms with E-state index >= 15 is 0 Å². The molecule has 0 saturated heterocycles. The zero-order valence-corrected chi connectivity index (χ0v) is 10.4. The molecule has 0 aliphatic heterocycles. The number of benzene rings is 1. The molecule has 0 spiro atoms. The van der Waals surface area contributed by atoms with Gasteiger partial charge in [-0.1, -0.05) is 55.8 Å². The maximum atomic E-state index is 11.8. The zero-order chi connectivity index (χ0) is 12.1. The van der Waals surface area contributed by atoms with Crippen molar-refractivity contribution in [3.05, 3.63) is 42.0 Å². The highest BCUT2D eigenvalue weighted by Gasteiger charge is 2.25. The van der Waals surface area contributed by atoms with Crippen molar-refractivity contribution in [1.82, 2.24) is 0 Å².